The summed E-state index contributed by atoms with van der Waals surface area (Å²) in [6.45, 7) is 6.59. The lowest BCUT2D eigenvalue weighted by molar-refractivity contribution is 0.134. The fourth-order valence-electron chi connectivity index (χ4n) is 6.66. The Hall–Kier alpha value is -3.55. The second-order valence-electron chi connectivity index (χ2n) is 11.7. The summed E-state index contributed by atoms with van der Waals surface area (Å²) >= 11 is 0. The van der Waals surface area contributed by atoms with E-state index in [0.717, 1.165) is 43.0 Å². The third-order valence-corrected chi connectivity index (χ3v) is 9.08. The molecule has 0 N–H and O–H groups in total. The zero-order valence-corrected chi connectivity index (χ0v) is 23.2. The fourth-order valence-corrected chi connectivity index (χ4v) is 6.66. The maximum Gasteiger partial charge on any atom is 0.325 e. The molecule has 1 aromatic carbocycles. The molecule has 7 rings (SSSR count). The van der Waals surface area contributed by atoms with Crippen molar-refractivity contribution < 1.29 is 9.53 Å². The minimum absolute atomic E-state index is 0.0476. The number of carbonyl (C=O) groups excluding carboxylic acids is 1. The van der Waals surface area contributed by atoms with Crippen LogP contribution in [0.3, 0.4) is 0 Å². The molecule has 1 saturated heterocycles. The topological polar surface area (TPSA) is 66.7 Å². The first-order chi connectivity index (χ1) is 19.0. The molecule has 8 heteroatoms. The summed E-state index contributed by atoms with van der Waals surface area (Å²) in [5.74, 6) is 1.31. The smallest absolute Gasteiger partial charge is 0.325 e. The van der Waals surface area contributed by atoms with Crippen molar-refractivity contribution in [3.05, 3.63) is 65.1 Å². The van der Waals surface area contributed by atoms with Crippen LogP contribution in [0.5, 0.6) is 5.88 Å². The van der Waals surface area contributed by atoms with Gasteiger partial charge in [0.05, 0.1) is 31.4 Å². The molecule has 204 valence electrons. The Bertz CT molecular complexity index is 1390. The summed E-state index contributed by atoms with van der Waals surface area (Å²) in [6.07, 6.45) is 10.6. The number of aryl methyl sites for hydroxylation is 1. The molecule has 2 aliphatic carbocycles. The molecule has 4 heterocycles. The fraction of sp³-hybridized carbons (Fsp3) is 0.516. The SMILES string of the molecule is COc1nccc(C)c1N1CCC(N2C(=O)N(Cc3ccccc3C3CC3)c3cn(C4CC4)nc3C2C)CC1. The molecule has 3 aromatic rings. The van der Waals surface area contributed by atoms with Crippen molar-refractivity contribution in [1.82, 2.24) is 19.7 Å². The van der Waals surface area contributed by atoms with Gasteiger partial charge in [-0.1, -0.05) is 24.3 Å². The van der Waals surface area contributed by atoms with Gasteiger partial charge in [-0.05, 0) is 81.0 Å². The van der Waals surface area contributed by atoms with E-state index in [1.165, 1.54) is 42.4 Å². The van der Waals surface area contributed by atoms with Gasteiger partial charge in [0, 0.05) is 31.5 Å². The van der Waals surface area contributed by atoms with Gasteiger partial charge >= 0.3 is 6.03 Å². The van der Waals surface area contributed by atoms with E-state index in [4.69, 9.17) is 9.84 Å². The highest BCUT2D eigenvalue weighted by atomic mass is 16.5. The molecule has 2 saturated carbocycles. The first-order valence-electron chi connectivity index (χ1n) is 14.5. The van der Waals surface area contributed by atoms with Crippen LogP contribution in [-0.2, 0) is 6.54 Å². The molecule has 0 radical (unpaired) electrons. The van der Waals surface area contributed by atoms with E-state index in [2.05, 4.69) is 63.8 Å². The van der Waals surface area contributed by atoms with Crippen LogP contribution in [0.15, 0.2) is 42.7 Å². The Morgan fingerprint density at radius 2 is 1.77 bits per heavy atom. The molecular weight excluding hydrogens is 488 g/mol. The van der Waals surface area contributed by atoms with E-state index in [-0.39, 0.29) is 18.1 Å². The molecular formula is C31H38N6O2. The molecule has 0 bridgehead atoms. The zero-order valence-electron chi connectivity index (χ0n) is 23.2. The van der Waals surface area contributed by atoms with E-state index < -0.39 is 0 Å². The number of urea groups is 1. The van der Waals surface area contributed by atoms with Crippen LogP contribution in [0, 0.1) is 6.92 Å². The van der Waals surface area contributed by atoms with Crippen molar-refractivity contribution in [2.75, 3.05) is 30.0 Å². The number of anilines is 2. The lowest BCUT2D eigenvalue weighted by Crippen LogP contribution is -2.55. The second-order valence-corrected chi connectivity index (χ2v) is 11.7. The molecule has 3 fully saturated rings. The predicted octanol–water partition coefficient (Wildman–Crippen LogP) is 5.98. The van der Waals surface area contributed by atoms with E-state index in [9.17, 15) is 4.79 Å². The molecule has 4 aliphatic rings. The number of benzene rings is 1. The van der Waals surface area contributed by atoms with Crippen molar-refractivity contribution in [3.63, 3.8) is 0 Å². The lowest BCUT2D eigenvalue weighted by atomic mass is 9.97. The average molecular weight is 527 g/mol. The van der Waals surface area contributed by atoms with Crippen LogP contribution in [0.1, 0.15) is 85.8 Å². The third kappa shape index (κ3) is 4.34. The van der Waals surface area contributed by atoms with Gasteiger partial charge < -0.3 is 14.5 Å². The van der Waals surface area contributed by atoms with E-state index in [0.29, 0.717) is 24.4 Å². The van der Waals surface area contributed by atoms with E-state index >= 15 is 0 Å². The zero-order chi connectivity index (χ0) is 26.7. The molecule has 2 aliphatic heterocycles. The predicted molar refractivity (Wildman–Crippen MR) is 152 cm³/mol. The summed E-state index contributed by atoms with van der Waals surface area (Å²) in [5, 5.41) is 5.08. The number of piperidine rings is 1. The van der Waals surface area contributed by atoms with Gasteiger partial charge in [0.15, 0.2) is 0 Å². The normalized spacial score (nSPS) is 21.9. The number of hydrogen-bond donors (Lipinski definition) is 0. The summed E-state index contributed by atoms with van der Waals surface area (Å²) in [4.78, 5) is 25.3. The number of aromatic nitrogens is 3. The molecule has 1 atom stereocenters. The minimum atomic E-state index is -0.0476. The van der Waals surface area contributed by atoms with Crippen molar-refractivity contribution >= 4 is 17.4 Å². The number of nitrogens with zero attached hydrogens (tertiary/aromatic N) is 6. The van der Waals surface area contributed by atoms with Gasteiger partial charge in [-0.15, -0.1) is 0 Å². The maximum absolute atomic E-state index is 14.4. The summed E-state index contributed by atoms with van der Waals surface area (Å²) < 4.78 is 7.71. The highest BCUT2D eigenvalue weighted by Crippen LogP contribution is 2.45. The minimum Gasteiger partial charge on any atom is -0.480 e. The Labute approximate surface area is 230 Å². The number of amides is 2. The Kier molecular flexibility index (Phi) is 6.01. The number of hydrogen-bond acceptors (Lipinski definition) is 5. The van der Waals surface area contributed by atoms with Crippen LogP contribution >= 0.6 is 0 Å². The monoisotopic (exact) mass is 526 g/mol. The average Bonchev–Trinajstić information content (AvgIpc) is 3.89. The van der Waals surface area contributed by atoms with Gasteiger partial charge in [-0.3, -0.25) is 9.58 Å². The molecule has 39 heavy (non-hydrogen) atoms. The first kappa shape index (κ1) is 24.5. The highest BCUT2D eigenvalue weighted by Gasteiger charge is 2.43. The molecule has 8 nitrogen and oxygen atoms in total. The van der Waals surface area contributed by atoms with Gasteiger partial charge in [0.2, 0.25) is 5.88 Å². The quantitative estimate of drug-likeness (QED) is 0.379. The van der Waals surface area contributed by atoms with Crippen molar-refractivity contribution in [3.8, 4) is 5.88 Å². The standard InChI is InChI=1S/C31H38N6O2/c1-20-12-15-32-30(39-3)29(20)34-16-13-25(14-17-34)37-21(2)28-27(19-36(33-28)24-10-11-24)35(31(37)38)18-23-6-4-5-7-26(23)22-8-9-22/h4-7,12,15,19,21-22,24-25H,8-11,13-14,16-18H2,1-3H3. The Morgan fingerprint density at radius 3 is 2.49 bits per heavy atom. The van der Waals surface area contributed by atoms with Gasteiger partial charge in [-0.2, -0.15) is 5.10 Å². The number of ether oxygens (including phenoxy) is 1. The van der Waals surface area contributed by atoms with Crippen LogP contribution < -0.4 is 14.5 Å². The van der Waals surface area contributed by atoms with Crippen LogP contribution in [0.4, 0.5) is 16.2 Å². The summed E-state index contributed by atoms with van der Waals surface area (Å²) in [7, 11) is 1.68. The Morgan fingerprint density at radius 1 is 1.00 bits per heavy atom. The molecule has 1 unspecified atom stereocenters. The lowest BCUT2D eigenvalue weighted by Gasteiger charge is -2.46. The molecule has 2 amide bonds. The van der Waals surface area contributed by atoms with Crippen LogP contribution in [0.25, 0.3) is 0 Å². The Balaban J connectivity index is 1.18. The number of methoxy groups -OCH3 is 1. The van der Waals surface area contributed by atoms with Crippen LogP contribution in [-0.4, -0.2) is 51.9 Å². The van der Waals surface area contributed by atoms with E-state index in [1.54, 1.807) is 13.3 Å². The number of fused-ring (bicyclic) bond motifs is 1. The highest BCUT2D eigenvalue weighted by molar-refractivity contribution is 5.95. The van der Waals surface area contributed by atoms with Gasteiger partial charge in [0.1, 0.15) is 11.4 Å². The summed E-state index contributed by atoms with van der Waals surface area (Å²) in [6, 6.07) is 11.4. The van der Waals surface area contributed by atoms with Gasteiger partial charge in [0.25, 0.3) is 0 Å². The van der Waals surface area contributed by atoms with Crippen molar-refractivity contribution in [2.24, 2.45) is 0 Å². The van der Waals surface area contributed by atoms with E-state index in [1.807, 2.05) is 11.0 Å². The summed E-state index contributed by atoms with van der Waals surface area (Å²) in [5.41, 5.74) is 6.94. The maximum atomic E-state index is 14.4. The van der Waals surface area contributed by atoms with Gasteiger partial charge in [-0.25, -0.2) is 9.78 Å². The van der Waals surface area contributed by atoms with Crippen molar-refractivity contribution in [1.29, 1.82) is 0 Å². The first-order valence-corrected chi connectivity index (χ1v) is 14.5. The molecule has 0 spiro atoms. The van der Waals surface area contributed by atoms with Crippen molar-refractivity contribution in [2.45, 2.75) is 83.0 Å². The largest absolute Gasteiger partial charge is 0.480 e. The second kappa shape index (κ2) is 9.57. The molecule has 2 aromatic heterocycles. The number of pyridine rings is 1. The number of carbonyl (C=O) groups is 1. The third-order valence-electron chi connectivity index (χ3n) is 9.08. The van der Waals surface area contributed by atoms with Crippen LogP contribution in [0.2, 0.25) is 0 Å². The number of rotatable bonds is 7.